The fraction of sp³-hybridized carbons (Fsp3) is 0.300. The molecule has 0 bridgehead atoms. The summed E-state index contributed by atoms with van der Waals surface area (Å²) in [5, 5.41) is 3.29. The third kappa shape index (κ3) is 4.03. The SMILES string of the molecule is COc1ccc(CNc2ncc(-c3cnccn3)c([C@@H]3CCCO3)n2)cc1. The molecular formula is C20H21N5O2. The van der Waals surface area contributed by atoms with Crippen LogP contribution >= 0.6 is 0 Å². The first-order chi connectivity index (χ1) is 13.3. The van der Waals surface area contributed by atoms with E-state index in [1.807, 2.05) is 24.3 Å². The van der Waals surface area contributed by atoms with Gasteiger partial charge in [-0.2, -0.15) is 0 Å². The minimum absolute atomic E-state index is 0.0356. The van der Waals surface area contributed by atoms with Crippen LogP contribution in [0.15, 0.2) is 49.1 Å². The van der Waals surface area contributed by atoms with E-state index in [1.165, 1.54) is 0 Å². The fourth-order valence-corrected chi connectivity index (χ4v) is 3.08. The minimum atomic E-state index is -0.0356. The van der Waals surface area contributed by atoms with Crippen LogP contribution in [0.1, 0.15) is 30.2 Å². The van der Waals surface area contributed by atoms with Crippen LogP contribution in [-0.2, 0) is 11.3 Å². The normalized spacial score (nSPS) is 16.3. The Kier molecular flexibility index (Phi) is 5.20. The minimum Gasteiger partial charge on any atom is -0.497 e. The lowest BCUT2D eigenvalue weighted by atomic mass is 10.1. The van der Waals surface area contributed by atoms with Gasteiger partial charge in [0.15, 0.2) is 0 Å². The van der Waals surface area contributed by atoms with Crippen LogP contribution in [0.2, 0.25) is 0 Å². The molecule has 1 fully saturated rings. The molecule has 0 unspecified atom stereocenters. The summed E-state index contributed by atoms with van der Waals surface area (Å²) >= 11 is 0. The highest BCUT2D eigenvalue weighted by Gasteiger charge is 2.24. The molecule has 2 aromatic heterocycles. The Morgan fingerprint density at radius 2 is 2.04 bits per heavy atom. The highest BCUT2D eigenvalue weighted by atomic mass is 16.5. The van der Waals surface area contributed by atoms with E-state index in [1.54, 1.807) is 31.9 Å². The summed E-state index contributed by atoms with van der Waals surface area (Å²) in [6.45, 7) is 1.38. The second-order valence-electron chi connectivity index (χ2n) is 6.29. The number of benzene rings is 1. The predicted molar refractivity (Wildman–Crippen MR) is 101 cm³/mol. The predicted octanol–water partition coefficient (Wildman–Crippen LogP) is 3.41. The van der Waals surface area contributed by atoms with Gasteiger partial charge in [-0.25, -0.2) is 9.97 Å². The van der Waals surface area contributed by atoms with Crippen LogP contribution in [0.3, 0.4) is 0 Å². The Labute approximate surface area is 157 Å². The molecule has 0 spiro atoms. The molecule has 1 saturated heterocycles. The molecular weight excluding hydrogens is 342 g/mol. The molecule has 0 amide bonds. The van der Waals surface area contributed by atoms with Gasteiger partial charge in [-0.15, -0.1) is 0 Å². The first-order valence-electron chi connectivity index (χ1n) is 8.95. The van der Waals surface area contributed by atoms with Crippen LogP contribution in [-0.4, -0.2) is 33.7 Å². The van der Waals surface area contributed by atoms with Crippen LogP contribution in [0.4, 0.5) is 5.95 Å². The van der Waals surface area contributed by atoms with E-state index < -0.39 is 0 Å². The third-order valence-corrected chi connectivity index (χ3v) is 4.50. The average Bonchev–Trinajstić information content (AvgIpc) is 3.28. The number of rotatable bonds is 6. The maximum absolute atomic E-state index is 5.86. The quantitative estimate of drug-likeness (QED) is 0.718. The van der Waals surface area contributed by atoms with Gasteiger partial charge in [-0.1, -0.05) is 12.1 Å². The standard InChI is InChI=1S/C20H21N5O2/c1-26-15-6-4-14(5-7-15)11-23-20-24-12-16(17-13-21-8-9-22-17)19(25-20)18-3-2-10-27-18/h4-9,12-13,18H,2-3,10-11H2,1H3,(H,23,24,25)/t18-/m0/s1. The van der Waals surface area contributed by atoms with Gasteiger partial charge in [-0.05, 0) is 30.5 Å². The number of anilines is 1. The van der Waals surface area contributed by atoms with Gasteiger partial charge in [-0.3, -0.25) is 9.97 Å². The highest BCUT2D eigenvalue weighted by molar-refractivity contribution is 5.61. The maximum Gasteiger partial charge on any atom is 0.223 e. The smallest absolute Gasteiger partial charge is 0.223 e. The van der Waals surface area contributed by atoms with Crippen LogP contribution in [0, 0.1) is 0 Å². The van der Waals surface area contributed by atoms with Gasteiger partial charge in [0.05, 0.1) is 24.7 Å². The molecule has 27 heavy (non-hydrogen) atoms. The number of methoxy groups -OCH3 is 1. The summed E-state index contributed by atoms with van der Waals surface area (Å²) in [7, 11) is 1.66. The number of nitrogens with zero attached hydrogens (tertiary/aromatic N) is 4. The number of ether oxygens (including phenoxy) is 2. The van der Waals surface area contributed by atoms with Crippen molar-refractivity contribution in [1.82, 2.24) is 19.9 Å². The maximum atomic E-state index is 5.86. The highest BCUT2D eigenvalue weighted by Crippen LogP contribution is 2.33. The molecule has 3 heterocycles. The van der Waals surface area contributed by atoms with E-state index in [0.717, 1.165) is 47.7 Å². The Morgan fingerprint density at radius 3 is 2.74 bits per heavy atom. The lowest BCUT2D eigenvalue weighted by molar-refractivity contribution is 0.109. The van der Waals surface area contributed by atoms with E-state index >= 15 is 0 Å². The molecule has 1 aliphatic rings. The molecule has 0 saturated carbocycles. The summed E-state index contributed by atoms with van der Waals surface area (Å²) in [6, 6.07) is 7.90. The van der Waals surface area contributed by atoms with Gasteiger partial charge in [0.25, 0.3) is 0 Å². The molecule has 0 aliphatic carbocycles. The molecule has 1 aliphatic heterocycles. The van der Waals surface area contributed by atoms with Crippen molar-refractivity contribution in [2.75, 3.05) is 19.0 Å². The van der Waals surface area contributed by atoms with Gasteiger partial charge >= 0.3 is 0 Å². The summed E-state index contributed by atoms with van der Waals surface area (Å²) < 4.78 is 11.1. The van der Waals surface area contributed by atoms with Gasteiger partial charge in [0.2, 0.25) is 5.95 Å². The first-order valence-corrected chi connectivity index (χ1v) is 8.95. The second-order valence-corrected chi connectivity index (χ2v) is 6.29. The van der Waals surface area contributed by atoms with E-state index in [0.29, 0.717) is 12.5 Å². The Morgan fingerprint density at radius 1 is 1.15 bits per heavy atom. The molecule has 1 aromatic carbocycles. The van der Waals surface area contributed by atoms with E-state index in [4.69, 9.17) is 14.5 Å². The van der Waals surface area contributed by atoms with Crippen molar-refractivity contribution in [1.29, 1.82) is 0 Å². The summed E-state index contributed by atoms with van der Waals surface area (Å²) in [6.07, 6.45) is 8.79. The molecule has 1 atom stereocenters. The molecule has 4 rings (SSSR count). The van der Waals surface area contributed by atoms with Gasteiger partial charge in [0.1, 0.15) is 11.9 Å². The van der Waals surface area contributed by atoms with Crippen molar-refractivity contribution in [3.63, 3.8) is 0 Å². The fourth-order valence-electron chi connectivity index (χ4n) is 3.08. The van der Waals surface area contributed by atoms with Crippen molar-refractivity contribution < 1.29 is 9.47 Å². The lowest BCUT2D eigenvalue weighted by Gasteiger charge is -2.15. The summed E-state index contributed by atoms with van der Waals surface area (Å²) in [5.74, 6) is 1.41. The molecule has 1 N–H and O–H groups in total. The topological polar surface area (TPSA) is 82.0 Å². The van der Waals surface area contributed by atoms with Crippen molar-refractivity contribution in [2.45, 2.75) is 25.5 Å². The first kappa shape index (κ1) is 17.4. The number of nitrogens with one attached hydrogen (secondary N) is 1. The van der Waals surface area contributed by atoms with Crippen molar-refractivity contribution >= 4 is 5.95 Å². The van der Waals surface area contributed by atoms with E-state index in [9.17, 15) is 0 Å². The largest absolute Gasteiger partial charge is 0.497 e. The zero-order valence-electron chi connectivity index (χ0n) is 15.1. The van der Waals surface area contributed by atoms with E-state index in [-0.39, 0.29) is 6.10 Å². The van der Waals surface area contributed by atoms with E-state index in [2.05, 4.69) is 20.3 Å². The molecule has 3 aromatic rings. The Bertz CT molecular complexity index is 881. The molecule has 0 radical (unpaired) electrons. The van der Waals surface area contributed by atoms with Gasteiger partial charge < -0.3 is 14.8 Å². The van der Waals surface area contributed by atoms with Crippen molar-refractivity contribution in [3.05, 3.63) is 60.3 Å². The third-order valence-electron chi connectivity index (χ3n) is 4.50. The van der Waals surface area contributed by atoms with Crippen molar-refractivity contribution in [3.8, 4) is 17.0 Å². The number of hydrogen-bond acceptors (Lipinski definition) is 7. The van der Waals surface area contributed by atoms with Gasteiger partial charge in [0, 0.05) is 37.3 Å². The number of aromatic nitrogens is 4. The number of hydrogen-bond donors (Lipinski definition) is 1. The van der Waals surface area contributed by atoms with Crippen LogP contribution in [0.25, 0.3) is 11.3 Å². The Hall–Kier alpha value is -3.06. The van der Waals surface area contributed by atoms with Crippen LogP contribution in [0.5, 0.6) is 5.75 Å². The molecule has 7 heteroatoms. The molecule has 7 nitrogen and oxygen atoms in total. The second kappa shape index (κ2) is 8.09. The monoisotopic (exact) mass is 363 g/mol. The van der Waals surface area contributed by atoms with Crippen molar-refractivity contribution in [2.24, 2.45) is 0 Å². The summed E-state index contributed by atoms with van der Waals surface area (Å²) in [4.78, 5) is 17.8. The lowest BCUT2D eigenvalue weighted by Crippen LogP contribution is -2.09. The van der Waals surface area contributed by atoms with Crippen LogP contribution < -0.4 is 10.1 Å². The zero-order valence-corrected chi connectivity index (χ0v) is 15.1. The zero-order chi connectivity index (χ0) is 18.5. The summed E-state index contributed by atoms with van der Waals surface area (Å²) in [5.41, 5.74) is 3.60. The molecule has 138 valence electrons. The average molecular weight is 363 g/mol. The Balaban J connectivity index is 1.57.